The summed E-state index contributed by atoms with van der Waals surface area (Å²) in [6.45, 7) is 3.81. The highest BCUT2D eigenvalue weighted by Gasteiger charge is 2.27. The fourth-order valence-corrected chi connectivity index (χ4v) is 1.69. The Balaban J connectivity index is 3.46. The van der Waals surface area contributed by atoms with Crippen molar-refractivity contribution in [3.8, 4) is 0 Å². The maximum absolute atomic E-state index is 11.1. The van der Waals surface area contributed by atoms with E-state index in [0.29, 0.717) is 0 Å². The van der Waals surface area contributed by atoms with Gasteiger partial charge in [0, 0.05) is 0 Å². The van der Waals surface area contributed by atoms with Crippen LogP contribution in [0, 0.1) is 0 Å². The third-order valence-corrected chi connectivity index (χ3v) is 4.02. The summed E-state index contributed by atoms with van der Waals surface area (Å²) in [6.07, 6.45) is 7.06. The van der Waals surface area contributed by atoms with Gasteiger partial charge in [-0.2, -0.15) is 0 Å². The zero-order chi connectivity index (χ0) is 10.3. The van der Waals surface area contributed by atoms with Gasteiger partial charge in [-0.3, -0.25) is 4.79 Å². The minimum absolute atomic E-state index is 0.156. The van der Waals surface area contributed by atoms with Crippen molar-refractivity contribution in [1.82, 2.24) is 0 Å². The molecule has 0 heterocycles. The first-order chi connectivity index (χ1) is 6.00. The van der Waals surface area contributed by atoms with Crippen LogP contribution in [-0.2, 0) is 4.79 Å². The van der Waals surface area contributed by atoms with Crippen molar-refractivity contribution in [2.24, 2.45) is 0 Å². The molecule has 0 fully saturated rings. The lowest BCUT2D eigenvalue weighted by molar-refractivity contribution is -0.117. The van der Waals surface area contributed by atoms with Crippen molar-refractivity contribution in [3.05, 3.63) is 0 Å². The van der Waals surface area contributed by atoms with Gasteiger partial charge in [-0.1, -0.05) is 70.9 Å². The molecule has 3 heteroatoms. The first kappa shape index (κ1) is 13.6. The molecule has 13 heavy (non-hydrogen) atoms. The lowest BCUT2D eigenvalue weighted by Crippen LogP contribution is -2.21. The van der Waals surface area contributed by atoms with E-state index in [9.17, 15) is 4.79 Å². The molecule has 0 spiro atoms. The minimum Gasteiger partial charge on any atom is -0.297 e. The average molecular weight is 314 g/mol. The molecular weight excluding hydrogens is 296 g/mol. The Morgan fingerprint density at radius 1 is 1.15 bits per heavy atom. The Morgan fingerprint density at radius 2 is 1.69 bits per heavy atom. The second-order valence-electron chi connectivity index (χ2n) is 3.42. The first-order valence-corrected chi connectivity index (χ1v) is 6.48. The van der Waals surface area contributed by atoms with Gasteiger partial charge in [0.15, 0.2) is 5.78 Å². The number of carbonyl (C=O) groups is 1. The summed E-state index contributed by atoms with van der Waals surface area (Å²) in [4.78, 5) is 11.1. The predicted octanol–water partition coefficient (Wildman–Crippen LogP) is 4.42. The van der Waals surface area contributed by atoms with Crippen molar-refractivity contribution >= 4 is 37.6 Å². The van der Waals surface area contributed by atoms with Gasteiger partial charge in [-0.05, 0) is 13.3 Å². The van der Waals surface area contributed by atoms with E-state index in [2.05, 4.69) is 38.8 Å². The molecule has 0 unspecified atom stereocenters. The Hall–Kier alpha value is 0.630. The maximum Gasteiger partial charge on any atom is 0.157 e. The second-order valence-corrected chi connectivity index (χ2v) is 7.20. The van der Waals surface area contributed by atoms with Crippen molar-refractivity contribution in [2.75, 3.05) is 0 Å². The number of unbranched alkanes of at least 4 members (excludes halogenated alkanes) is 4. The van der Waals surface area contributed by atoms with Crippen LogP contribution in [0.1, 0.15) is 52.4 Å². The Labute approximate surface area is 97.9 Å². The average Bonchev–Trinajstić information content (AvgIpc) is 2.03. The smallest absolute Gasteiger partial charge is 0.157 e. The van der Waals surface area contributed by atoms with Gasteiger partial charge in [0.05, 0.1) is 0 Å². The lowest BCUT2D eigenvalue weighted by atomic mass is 10.1. The molecule has 0 aromatic heterocycles. The third kappa shape index (κ3) is 6.67. The summed E-state index contributed by atoms with van der Waals surface area (Å²) in [6, 6.07) is 0. The van der Waals surface area contributed by atoms with E-state index in [-0.39, 0.29) is 5.78 Å². The number of halogens is 2. The number of Topliss-reactive ketones (excluding diaryl/α,β-unsaturated/α-hetero) is 1. The van der Waals surface area contributed by atoms with Gasteiger partial charge in [0.1, 0.15) is 3.23 Å². The van der Waals surface area contributed by atoms with Crippen molar-refractivity contribution in [3.63, 3.8) is 0 Å². The molecule has 1 nitrogen and oxygen atoms in total. The summed E-state index contributed by atoms with van der Waals surface area (Å²) in [5, 5.41) is 0. The van der Waals surface area contributed by atoms with Gasteiger partial charge in [-0.15, -0.1) is 0 Å². The number of ketones is 1. The van der Waals surface area contributed by atoms with Crippen LogP contribution in [0.25, 0.3) is 0 Å². The van der Waals surface area contributed by atoms with Crippen LogP contribution in [-0.4, -0.2) is 9.02 Å². The number of hydrogen-bond donors (Lipinski definition) is 0. The van der Waals surface area contributed by atoms with Gasteiger partial charge in [-0.25, -0.2) is 0 Å². The molecule has 0 saturated heterocycles. The topological polar surface area (TPSA) is 17.1 Å². The van der Waals surface area contributed by atoms with Crippen LogP contribution >= 0.6 is 31.9 Å². The fraction of sp³-hybridized carbons (Fsp3) is 0.900. The van der Waals surface area contributed by atoms with Crippen LogP contribution < -0.4 is 0 Å². The third-order valence-electron chi connectivity index (χ3n) is 2.11. The molecule has 0 aliphatic rings. The summed E-state index contributed by atoms with van der Waals surface area (Å²) >= 11 is 6.77. The molecule has 78 valence electrons. The van der Waals surface area contributed by atoms with Gasteiger partial charge in [0.25, 0.3) is 0 Å². The maximum atomic E-state index is 11.1. The van der Waals surface area contributed by atoms with E-state index in [4.69, 9.17) is 0 Å². The van der Waals surface area contributed by atoms with Gasteiger partial charge in [0.2, 0.25) is 0 Å². The lowest BCUT2D eigenvalue weighted by Gasteiger charge is -2.16. The van der Waals surface area contributed by atoms with Crippen LogP contribution in [0.3, 0.4) is 0 Å². The highest BCUT2D eigenvalue weighted by atomic mass is 79.9. The van der Waals surface area contributed by atoms with Crippen LogP contribution in [0.2, 0.25) is 0 Å². The molecule has 0 radical (unpaired) electrons. The monoisotopic (exact) mass is 312 g/mol. The molecular formula is C10H18Br2O. The van der Waals surface area contributed by atoms with E-state index < -0.39 is 3.23 Å². The first-order valence-electron chi connectivity index (χ1n) is 4.89. The highest BCUT2D eigenvalue weighted by Crippen LogP contribution is 2.33. The molecule has 0 saturated carbocycles. The SMILES string of the molecule is CCCCCCCC(Br)(Br)C(C)=O. The largest absolute Gasteiger partial charge is 0.297 e. The highest BCUT2D eigenvalue weighted by molar-refractivity contribution is 9.25. The van der Waals surface area contributed by atoms with Crippen molar-refractivity contribution in [2.45, 2.75) is 55.6 Å². The molecule has 0 atom stereocenters. The van der Waals surface area contributed by atoms with Gasteiger partial charge < -0.3 is 0 Å². The second kappa shape index (κ2) is 6.99. The molecule has 0 N–H and O–H groups in total. The normalized spacial score (nSPS) is 11.7. The number of carbonyl (C=O) groups excluding carboxylic acids is 1. The molecule has 0 aliphatic carbocycles. The van der Waals surface area contributed by atoms with Crippen molar-refractivity contribution in [1.29, 1.82) is 0 Å². The summed E-state index contributed by atoms with van der Waals surface area (Å²) < 4.78 is -0.466. The standard InChI is InChI=1S/C10H18Br2O/c1-3-4-5-6-7-8-10(11,12)9(2)13/h3-8H2,1-2H3. The molecule has 0 amide bonds. The number of rotatable bonds is 7. The van der Waals surface area contributed by atoms with E-state index in [1.165, 1.54) is 25.7 Å². The van der Waals surface area contributed by atoms with Crippen LogP contribution in [0.4, 0.5) is 0 Å². The minimum atomic E-state index is -0.466. The van der Waals surface area contributed by atoms with Crippen LogP contribution in [0.15, 0.2) is 0 Å². The zero-order valence-electron chi connectivity index (χ0n) is 8.41. The van der Waals surface area contributed by atoms with E-state index >= 15 is 0 Å². The van der Waals surface area contributed by atoms with E-state index in [1.807, 2.05) is 0 Å². The summed E-state index contributed by atoms with van der Waals surface area (Å²) in [5.41, 5.74) is 0. The molecule has 0 bridgehead atoms. The van der Waals surface area contributed by atoms with Crippen molar-refractivity contribution < 1.29 is 4.79 Å². The Bertz CT molecular complexity index is 155. The number of alkyl halides is 2. The summed E-state index contributed by atoms with van der Waals surface area (Å²) in [5.74, 6) is 0.156. The molecule has 0 rings (SSSR count). The fourth-order valence-electron chi connectivity index (χ4n) is 1.13. The predicted molar refractivity (Wildman–Crippen MR) is 64.6 cm³/mol. The molecule has 0 aromatic carbocycles. The Morgan fingerprint density at radius 3 is 2.15 bits per heavy atom. The molecule has 0 aliphatic heterocycles. The van der Waals surface area contributed by atoms with E-state index in [0.717, 1.165) is 12.8 Å². The van der Waals surface area contributed by atoms with E-state index in [1.54, 1.807) is 6.92 Å². The summed E-state index contributed by atoms with van der Waals surface area (Å²) in [7, 11) is 0. The quantitative estimate of drug-likeness (QED) is 0.502. The van der Waals surface area contributed by atoms with Crippen LogP contribution in [0.5, 0.6) is 0 Å². The zero-order valence-corrected chi connectivity index (χ0v) is 11.6. The Kier molecular flexibility index (Phi) is 7.33. The van der Waals surface area contributed by atoms with Gasteiger partial charge >= 0.3 is 0 Å². The number of hydrogen-bond acceptors (Lipinski definition) is 1. The molecule has 0 aromatic rings.